The van der Waals surface area contributed by atoms with Crippen molar-refractivity contribution in [1.82, 2.24) is 5.32 Å². The van der Waals surface area contributed by atoms with Crippen molar-refractivity contribution in [1.29, 1.82) is 0 Å². The van der Waals surface area contributed by atoms with Gasteiger partial charge in [0.15, 0.2) is 5.17 Å². The van der Waals surface area contributed by atoms with E-state index in [2.05, 4.69) is 15.6 Å². The van der Waals surface area contributed by atoms with Crippen molar-refractivity contribution in [3.05, 3.63) is 59.2 Å². The molecule has 0 bridgehead atoms. The van der Waals surface area contributed by atoms with E-state index in [4.69, 9.17) is 0 Å². The van der Waals surface area contributed by atoms with E-state index in [1.807, 2.05) is 32.0 Å². The maximum absolute atomic E-state index is 12.8. The Hall–Kier alpha value is -2.81. The second-order valence-electron chi connectivity index (χ2n) is 6.61. The molecule has 0 spiro atoms. The summed E-state index contributed by atoms with van der Waals surface area (Å²) in [5.41, 5.74) is 2.05. The van der Waals surface area contributed by atoms with Gasteiger partial charge in [-0.3, -0.25) is 9.59 Å². The number of aryl methyl sites for hydroxylation is 2. The lowest BCUT2D eigenvalue weighted by Gasteiger charge is -2.10. The van der Waals surface area contributed by atoms with E-state index in [1.165, 1.54) is 12.1 Å². The lowest BCUT2D eigenvalue weighted by Crippen LogP contribution is -2.28. The van der Waals surface area contributed by atoms with E-state index in [0.29, 0.717) is 10.9 Å². The number of nitrogens with zero attached hydrogens (tertiary/aromatic N) is 1. The molecule has 0 aromatic heterocycles. The molecule has 1 aliphatic rings. The lowest BCUT2D eigenvalue weighted by atomic mass is 10.1. The SMILES string of the molecule is Cc1ccc(N=C2NC(=O)[C@@H](CC(=O)Nc3cccc(C(F)(F)F)c3)S2)cc1C. The largest absolute Gasteiger partial charge is 0.416 e. The average Bonchev–Trinajstić information content (AvgIpc) is 2.96. The Morgan fingerprint density at radius 1 is 1.17 bits per heavy atom. The summed E-state index contributed by atoms with van der Waals surface area (Å²) in [4.78, 5) is 28.7. The third kappa shape index (κ3) is 5.38. The molecule has 0 radical (unpaired) electrons. The third-order valence-corrected chi connectivity index (χ3v) is 5.42. The van der Waals surface area contributed by atoms with Gasteiger partial charge in [-0.25, -0.2) is 4.99 Å². The predicted octanol–water partition coefficient (Wildman–Crippen LogP) is 4.57. The first-order chi connectivity index (χ1) is 13.6. The molecule has 0 unspecified atom stereocenters. The molecule has 1 aliphatic heterocycles. The van der Waals surface area contributed by atoms with Gasteiger partial charge < -0.3 is 10.6 Å². The maximum Gasteiger partial charge on any atom is 0.416 e. The number of thioether (sulfide) groups is 1. The zero-order valence-corrected chi connectivity index (χ0v) is 16.4. The van der Waals surface area contributed by atoms with E-state index in [0.717, 1.165) is 35.0 Å². The third-order valence-electron chi connectivity index (χ3n) is 4.34. The van der Waals surface area contributed by atoms with Crippen molar-refractivity contribution >= 4 is 40.1 Å². The molecule has 1 saturated heterocycles. The van der Waals surface area contributed by atoms with Gasteiger partial charge in [-0.2, -0.15) is 13.2 Å². The fraction of sp³-hybridized carbons (Fsp3) is 0.250. The molecule has 2 aromatic rings. The van der Waals surface area contributed by atoms with E-state index < -0.39 is 22.9 Å². The number of nitrogens with one attached hydrogen (secondary N) is 2. The van der Waals surface area contributed by atoms with Crippen LogP contribution >= 0.6 is 11.8 Å². The second kappa shape index (κ2) is 8.28. The minimum absolute atomic E-state index is 0.0252. The van der Waals surface area contributed by atoms with Crippen LogP contribution in [-0.4, -0.2) is 22.2 Å². The van der Waals surface area contributed by atoms with Crippen LogP contribution < -0.4 is 10.6 Å². The van der Waals surface area contributed by atoms with E-state index in [-0.39, 0.29) is 18.0 Å². The van der Waals surface area contributed by atoms with E-state index in [1.54, 1.807) is 0 Å². The van der Waals surface area contributed by atoms with Crippen LogP contribution in [0.3, 0.4) is 0 Å². The highest BCUT2D eigenvalue weighted by Crippen LogP contribution is 2.31. The van der Waals surface area contributed by atoms with Gasteiger partial charge in [-0.05, 0) is 55.3 Å². The molecule has 5 nitrogen and oxygen atoms in total. The number of alkyl halides is 3. The molecular weight excluding hydrogens is 403 g/mol. The Balaban J connectivity index is 1.63. The van der Waals surface area contributed by atoms with Gasteiger partial charge in [0, 0.05) is 12.1 Å². The minimum atomic E-state index is -4.50. The van der Waals surface area contributed by atoms with Gasteiger partial charge in [0.25, 0.3) is 0 Å². The van der Waals surface area contributed by atoms with Crippen LogP contribution in [-0.2, 0) is 15.8 Å². The Kier molecular flexibility index (Phi) is 5.97. The van der Waals surface area contributed by atoms with E-state index >= 15 is 0 Å². The monoisotopic (exact) mass is 421 g/mol. The number of rotatable bonds is 4. The Bertz CT molecular complexity index is 989. The van der Waals surface area contributed by atoms with Crippen molar-refractivity contribution in [2.24, 2.45) is 4.99 Å². The van der Waals surface area contributed by atoms with Gasteiger partial charge in [0.2, 0.25) is 11.8 Å². The molecule has 1 heterocycles. The number of hydrogen-bond donors (Lipinski definition) is 2. The van der Waals surface area contributed by atoms with Crippen LogP contribution in [0.2, 0.25) is 0 Å². The van der Waals surface area contributed by atoms with Gasteiger partial charge in [-0.1, -0.05) is 23.9 Å². The van der Waals surface area contributed by atoms with Crippen LogP contribution in [0.4, 0.5) is 24.5 Å². The van der Waals surface area contributed by atoms with Crippen molar-refractivity contribution in [3.63, 3.8) is 0 Å². The number of anilines is 1. The maximum atomic E-state index is 12.8. The number of amides is 2. The summed E-state index contributed by atoms with van der Waals surface area (Å²) in [6.45, 7) is 3.94. The summed E-state index contributed by atoms with van der Waals surface area (Å²) < 4.78 is 38.3. The molecule has 29 heavy (non-hydrogen) atoms. The van der Waals surface area contributed by atoms with Crippen LogP contribution in [0.15, 0.2) is 47.5 Å². The molecule has 152 valence electrons. The molecular formula is C20H18F3N3O2S. The topological polar surface area (TPSA) is 70.6 Å². The van der Waals surface area contributed by atoms with Gasteiger partial charge in [0.05, 0.1) is 11.3 Å². The number of hydrogen-bond acceptors (Lipinski definition) is 4. The smallest absolute Gasteiger partial charge is 0.326 e. The van der Waals surface area contributed by atoms with Gasteiger partial charge in [0.1, 0.15) is 5.25 Å². The standard InChI is InChI=1S/C20H18F3N3O2S/c1-11-6-7-15(8-12(11)2)25-19-26-18(28)16(29-19)10-17(27)24-14-5-3-4-13(9-14)20(21,22)23/h3-9,16H,10H2,1-2H3,(H,24,27)(H,25,26,28)/t16-/m1/s1. The summed E-state index contributed by atoms with van der Waals surface area (Å²) >= 11 is 1.12. The quantitative estimate of drug-likeness (QED) is 0.760. The zero-order chi connectivity index (χ0) is 21.2. The van der Waals surface area contributed by atoms with Crippen LogP contribution in [0.5, 0.6) is 0 Å². The summed E-state index contributed by atoms with van der Waals surface area (Å²) in [6.07, 6.45) is -4.68. The summed E-state index contributed by atoms with van der Waals surface area (Å²) in [5, 5.41) is 4.72. The first kappa shape index (κ1) is 20.9. The highest BCUT2D eigenvalue weighted by Gasteiger charge is 2.33. The van der Waals surface area contributed by atoms with Crippen LogP contribution in [0.25, 0.3) is 0 Å². The fourth-order valence-electron chi connectivity index (χ4n) is 2.66. The number of aliphatic imine (C=N–C) groups is 1. The number of halogens is 3. The van der Waals surface area contributed by atoms with Crippen LogP contribution in [0.1, 0.15) is 23.1 Å². The fourth-order valence-corrected chi connectivity index (χ4v) is 3.65. The normalized spacial score (nSPS) is 18.0. The number of carbonyl (C=O) groups is 2. The molecule has 2 N–H and O–H groups in total. The highest BCUT2D eigenvalue weighted by molar-refractivity contribution is 8.15. The molecule has 0 saturated carbocycles. The molecule has 9 heteroatoms. The second-order valence-corrected chi connectivity index (χ2v) is 7.80. The number of amidine groups is 1. The first-order valence-corrected chi connectivity index (χ1v) is 9.60. The molecule has 1 atom stereocenters. The van der Waals surface area contributed by atoms with Gasteiger partial charge in [-0.15, -0.1) is 0 Å². The molecule has 0 aliphatic carbocycles. The van der Waals surface area contributed by atoms with Crippen molar-refractivity contribution in [2.75, 3.05) is 5.32 Å². The summed E-state index contributed by atoms with van der Waals surface area (Å²) in [6, 6.07) is 10.00. The van der Waals surface area contributed by atoms with Crippen molar-refractivity contribution < 1.29 is 22.8 Å². The minimum Gasteiger partial charge on any atom is -0.326 e. The highest BCUT2D eigenvalue weighted by atomic mass is 32.2. The average molecular weight is 421 g/mol. The Morgan fingerprint density at radius 2 is 1.93 bits per heavy atom. The zero-order valence-electron chi connectivity index (χ0n) is 15.6. The van der Waals surface area contributed by atoms with Crippen LogP contribution in [0, 0.1) is 13.8 Å². The number of carbonyl (C=O) groups excluding carboxylic acids is 2. The lowest BCUT2D eigenvalue weighted by molar-refractivity contribution is -0.137. The molecule has 2 amide bonds. The number of benzene rings is 2. The van der Waals surface area contributed by atoms with Gasteiger partial charge >= 0.3 is 6.18 Å². The molecule has 1 fully saturated rings. The van der Waals surface area contributed by atoms with Crippen molar-refractivity contribution in [2.45, 2.75) is 31.7 Å². The molecule has 2 aromatic carbocycles. The van der Waals surface area contributed by atoms with Crippen molar-refractivity contribution in [3.8, 4) is 0 Å². The Labute approximate surface area is 169 Å². The molecule has 3 rings (SSSR count). The summed E-state index contributed by atoms with van der Waals surface area (Å²) in [5.74, 6) is -0.916. The summed E-state index contributed by atoms with van der Waals surface area (Å²) in [7, 11) is 0. The first-order valence-electron chi connectivity index (χ1n) is 8.72. The predicted molar refractivity (Wildman–Crippen MR) is 107 cm³/mol. The van der Waals surface area contributed by atoms with E-state index in [9.17, 15) is 22.8 Å². The Morgan fingerprint density at radius 3 is 2.62 bits per heavy atom.